The lowest BCUT2D eigenvalue weighted by atomic mass is 10.0. The number of halogens is 1. The van der Waals surface area contributed by atoms with Crippen LogP contribution in [0.5, 0.6) is 5.75 Å². The highest BCUT2D eigenvalue weighted by Gasteiger charge is 2.27. The van der Waals surface area contributed by atoms with Gasteiger partial charge in [-0.15, -0.1) is 0 Å². The molecular formula is C30H27BrN2O5. The van der Waals surface area contributed by atoms with Crippen LogP contribution in [0.4, 0.5) is 0 Å². The van der Waals surface area contributed by atoms with Crippen molar-refractivity contribution >= 4 is 44.5 Å². The Balaban J connectivity index is 1.43. The molecule has 2 amide bonds. The van der Waals surface area contributed by atoms with Gasteiger partial charge in [-0.25, -0.2) is 4.79 Å². The molecule has 0 unspecified atom stereocenters. The highest BCUT2D eigenvalue weighted by molar-refractivity contribution is 9.10. The lowest BCUT2D eigenvalue weighted by Gasteiger charge is -2.22. The number of nitrogens with one attached hydrogen (secondary N) is 2. The molecule has 0 aliphatic heterocycles. The number of rotatable bonds is 11. The number of ether oxygens (including phenoxy) is 1. The first-order valence-electron chi connectivity index (χ1n) is 12.1. The molecule has 4 aromatic carbocycles. The van der Waals surface area contributed by atoms with Gasteiger partial charge in [-0.05, 0) is 46.2 Å². The second kappa shape index (κ2) is 12.9. The van der Waals surface area contributed by atoms with Gasteiger partial charge >= 0.3 is 5.97 Å². The van der Waals surface area contributed by atoms with Crippen molar-refractivity contribution in [2.45, 2.75) is 24.9 Å². The standard InChI is InChI=1S/C30H27BrN2O5/c31-24-13-11-23-18-25(14-12-22(23)17-24)38-19-28(34)32-26(15-20-7-3-1-4-8-20)29(35)33-27(30(36)37)16-21-9-5-2-6-10-21/h1-14,17-18,26-27H,15-16,19H2,(H,32,34)(H,33,35)(H,36,37)/t26-,27-/m0/s1. The number of carbonyl (C=O) groups excluding carboxylic acids is 2. The van der Waals surface area contributed by atoms with Gasteiger partial charge in [0.05, 0.1) is 0 Å². The van der Waals surface area contributed by atoms with E-state index < -0.39 is 29.9 Å². The maximum Gasteiger partial charge on any atom is 0.326 e. The molecule has 0 fully saturated rings. The van der Waals surface area contributed by atoms with E-state index in [9.17, 15) is 19.5 Å². The summed E-state index contributed by atoms with van der Waals surface area (Å²) >= 11 is 3.45. The van der Waals surface area contributed by atoms with Crippen molar-refractivity contribution in [3.05, 3.63) is 113 Å². The number of carbonyl (C=O) groups is 3. The van der Waals surface area contributed by atoms with E-state index >= 15 is 0 Å². The molecule has 38 heavy (non-hydrogen) atoms. The number of amides is 2. The number of benzene rings is 4. The Kier molecular flexibility index (Phi) is 9.11. The lowest BCUT2D eigenvalue weighted by Crippen LogP contribution is -2.53. The van der Waals surface area contributed by atoms with Crippen LogP contribution in [-0.2, 0) is 27.2 Å². The molecule has 0 saturated carbocycles. The van der Waals surface area contributed by atoms with Crippen molar-refractivity contribution in [1.82, 2.24) is 10.6 Å². The molecule has 0 bridgehead atoms. The zero-order chi connectivity index (χ0) is 26.9. The minimum Gasteiger partial charge on any atom is -0.484 e. The largest absolute Gasteiger partial charge is 0.484 e. The first-order chi connectivity index (χ1) is 18.4. The quantitative estimate of drug-likeness (QED) is 0.244. The van der Waals surface area contributed by atoms with Gasteiger partial charge in [0.15, 0.2) is 6.61 Å². The number of carboxylic acid groups (broad SMARTS) is 1. The number of hydrogen-bond donors (Lipinski definition) is 3. The van der Waals surface area contributed by atoms with Crippen LogP contribution >= 0.6 is 15.9 Å². The molecule has 0 aliphatic carbocycles. The maximum atomic E-state index is 13.2. The van der Waals surface area contributed by atoms with Gasteiger partial charge in [0.2, 0.25) is 5.91 Å². The summed E-state index contributed by atoms with van der Waals surface area (Å²) in [7, 11) is 0. The van der Waals surface area contributed by atoms with Crippen LogP contribution in [0.2, 0.25) is 0 Å². The van der Waals surface area contributed by atoms with E-state index in [0.29, 0.717) is 5.75 Å². The minimum atomic E-state index is -1.15. The van der Waals surface area contributed by atoms with Crippen LogP contribution in [0.3, 0.4) is 0 Å². The molecule has 0 aromatic heterocycles. The third kappa shape index (κ3) is 7.66. The van der Waals surface area contributed by atoms with E-state index in [4.69, 9.17) is 4.74 Å². The lowest BCUT2D eigenvalue weighted by molar-refractivity contribution is -0.142. The first-order valence-corrected chi connectivity index (χ1v) is 12.9. The molecule has 3 N–H and O–H groups in total. The van der Waals surface area contributed by atoms with Gasteiger partial charge in [-0.3, -0.25) is 9.59 Å². The second-order valence-corrected chi connectivity index (χ2v) is 9.76. The zero-order valence-electron chi connectivity index (χ0n) is 20.5. The Morgan fingerprint density at radius 1 is 0.737 bits per heavy atom. The Labute approximate surface area is 229 Å². The fourth-order valence-corrected chi connectivity index (χ4v) is 4.43. The van der Waals surface area contributed by atoms with Gasteiger partial charge in [-0.2, -0.15) is 0 Å². The van der Waals surface area contributed by atoms with Crippen molar-refractivity contribution < 1.29 is 24.2 Å². The van der Waals surface area contributed by atoms with Crippen LogP contribution in [0, 0.1) is 0 Å². The molecular weight excluding hydrogens is 548 g/mol. The van der Waals surface area contributed by atoms with Crippen LogP contribution < -0.4 is 15.4 Å². The van der Waals surface area contributed by atoms with Crippen molar-refractivity contribution in [3.63, 3.8) is 0 Å². The van der Waals surface area contributed by atoms with Gasteiger partial charge in [0, 0.05) is 17.3 Å². The van der Waals surface area contributed by atoms with Gasteiger partial charge < -0.3 is 20.5 Å². The van der Waals surface area contributed by atoms with E-state index in [-0.39, 0.29) is 19.4 Å². The summed E-state index contributed by atoms with van der Waals surface area (Å²) in [5.41, 5.74) is 1.60. The molecule has 0 heterocycles. The summed E-state index contributed by atoms with van der Waals surface area (Å²) in [4.78, 5) is 37.9. The molecule has 8 heteroatoms. The average Bonchev–Trinajstić information content (AvgIpc) is 2.92. The number of fused-ring (bicyclic) bond motifs is 1. The highest BCUT2D eigenvalue weighted by Crippen LogP contribution is 2.24. The predicted molar refractivity (Wildman–Crippen MR) is 149 cm³/mol. The molecule has 194 valence electrons. The molecule has 0 spiro atoms. The van der Waals surface area contributed by atoms with E-state index in [1.54, 1.807) is 18.2 Å². The molecule has 4 rings (SSSR count). The smallest absolute Gasteiger partial charge is 0.326 e. The molecule has 2 atom stereocenters. The van der Waals surface area contributed by atoms with E-state index in [0.717, 1.165) is 26.4 Å². The van der Waals surface area contributed by atoms with Crippen LogP contribution in [0.25, 0.3) is 10.8 Å². The average molecular weight is 575 g/mol. The summed E-state index contributed by atoms with van der Waals surface area (Å²) < 4.78 is 6.65. The SMILES string of the molecule is O=C(COc1ccc2cc(Br)ccc2c1)N[C@@H](Cc1ccccc1)C(=O)N[C@@H](Cc1ccccc1)C(=O)O. The Morgan fingerprint density at radius 3 is 1.95 bits per heavy atom. The van der Waals surface area contributed by atoms with Gasteiger partial charge in [0.1, 0.15) is 17.8 Å². The van der Waals surface area contributed by atoms with Crippen molar-refractivity contribution in [1.29, 1.82) is 0 Å². The zero-order valence-corrected chi connectivity index (χ0v) is 22.1. The number of carboxylic acids is 1. The first kappa shape index (κ1) is 26.9. The topological polar surface area (TPSA) is 105 Å². The molecule has 0 radical (unpaired) electrons. The Bertz CT molecular complexity index is 1410. The summed E-state index contributed by atoms with van der Waals surface area (Å²) in [6.45, 7) is -0.299. The number of hydrogen-bond acceptors (Lipinski definition) is 4. The van der Waals surface area contributed by atoms with E-state index in [1.165, 1.54) is 0 Å². The fourth-order valence-electron chi connectivity index (χ4n) is 4.05. The van der Waals surface area contributed by atoms with E-state index in [1.807, 2.05) is 78.9 Å². The van der Waals surface area contributed by atoms with Crippen molar-refractivity contribution in [3.8, 4) is 5.75 Å². The molecule has 7 nitrogen and oxygen atoms in total. The van der Waals surface area contributed by atoms with Crippen molar-refractivity contribution in [2.75, 3.05) is 6.61 Å². The minimum absolute atomic E-state index is 0.121. The maximum absolute atomic E-state index is 13.2. The van der Waals surface area contributed by atoms with Crippen LogP contribution in [0.15, 0.2) is 102 Å². The fraction of sp³-hybridized carbons (Fsp3) is 0.167. The summed E-state index contributed by atoms with van der Waals surface area (Å²) in [6.07, 6.45) is 0.316. The Hall–Kier alpha value is -4.17. The third-order valence-corrected chi connectivity index (χ3v) is 6.47. The van der Waals surface area contributed by atoms with Crippen LogP contribution in [-0.4, -0.2) is 41.6 Å². The van der Waals surface area contributed by atoms with Crippen molar-refractivity contribution in [2.24, 2.45) is 0 Å². The van der Waals surface area contributed by atoms with E-state index in [2.05, 4.69) is 26.6 Å². The molecule has 4 aromatic rings. The van der Waals surface area contributed by atoms with Crippen LogP contribution in [0.1, 0.15) is 11.1 Å². The summed E-state index contributed by atoms with van der Waals surface area (Å²) in [6, 6.07) is 27.5. The predicted octanol–water partition coefficient (Wildman–Crippen LogP) is 4.52. The van der Waals surface area contributed by atoms with Gasteiger partial charge in [-0.1, -0.05) is 88.7 Å². The summed E-state index contributed by atoms with van der Waals surface area (Å²) in [5, 5.41) is 17.0. The normalized spacial score (nSPS) is 12.3. The summed E-state index contributed by atoms with van der Waals surface area (Å²) in [5.74, 6) is -1.71. The highest BCUT2D eigenvalue weighted by atomic mass is 79.9. The monoisotopic (exact) mass is 574 g/mol. The third-order valence-electron chi connectivity index (χ3n) is 5.98. The van der Waals surface area contributed by atoms with Gasteiger partial charge in [0.25, 0.3) is 5.91 Å². The Morgan fingerprint density at radius 2 is 1.32 bits per heavy atom. The second-order valence-electron chi connectivity index (χ2n) is 8.84. The number of aliphatic carboxylic acids is 1. The molecule has 0 saturated heterocycles. The molecule has 0 aliphatic rings.